The lowest BCUT2D eigenvalue weighted by Crippen LogP contribution is -2.15. The number of aryl methyl sites for hydroxylation is 2. The summed E-state index contributed by atoms with van der Waals surface area (Å²) in [6, 6.07) is 12.0. The molecule has 1 aliphatic heterocycles. The molecule has 6 aromatic rings. The molecule has 0 unspecified atom stereocenters. The quantitative estimate of drug-likeness (QED) is 0.169. The van der Waals surface area contributed by atoms with Crippen molar-refractivity contribution in [3.05, 3.63) is 126 Å². The molecule has 8 bridgehead atoms. The van der Waals surface area contributed by atoms with Crippen molar-refractivity contribution in [1.82, 2.24) is 24.9 Å². The first-order valence-corrected chi connectivity index (χ1v) is 16.6. The second kappa shape index (κ2) is 11.5. The minimum Gasteiger partial charge on any atom is -0.355 e. The molecule has 0 fully saturated rings. The standard InChI is InChI=1S/C27H25N5.C10H14O3S/c1-14-10-20-11-18-7-8-19(29-18)12-24-27-21(6-5-9-28-27)23(31-24)13-22-15(2)16(3)26(32-22)17(4)25(14)30-20;1-6-5-10(14(11,12)13)9(4)8(3)7(6)2/h5-13,29-32H,1-4H3;5H,1-4H3,(H,11,12,13). The number of hydrogen-bond acceptors (Lipinski definition) is 3. The molecule has 1 aromatic carbocycles. The Kier molecular flexibility index (Phi) is 7.78. The number of nitrogens with zero attached hydrogens (tertiary/aromatic N) is 1. The molecule has 5 aromatic heterocycles. The Morgan fingerprint density at radius 3 is 2.11 bits per heavy atom. The van der Waals surface area contributed by atoms with Gasteiger partial charge in [-0.1, -0.05) is 0 Å². The first-order chi connectivity index (χ1) is 21.7. The van der Waals surface area contributed by atoms with Gasteiger partial charge in [-0.05, 0) is 155 Å². The average Bonchev–Trinajstić information content (AvgIpc) is 3.76. The normalized spacial score (nSPS) is 12.7. The Morgan fingerprint density at radius 1 is 0.674 bits per heavy atom. The van der Waals surface area contributed by atoms with Gasteiger partial charge in [-0.25, -0.2) is 0 Å². The van der Waals surface area contributed by atoms with Crippen LogP contribution in [0.3, 0.4) is 0 Å². The van der Waals surface area contributed by atoms with Crippen LogP contribution in [0.25, 0.3) is 34.7 Å². The summed E-state index contributed by atoms with van der Waals surface area (Å²) < 4.78 is 31.0. The van der Waals surface area contributed by atoms with Crippen molar-refractivity contribution in [3.63, 3.8) is 0 Å². The molecule has 0 spiro atoms. The topological polar surface area (TPSA) is 130 Å². The van der Waals surface area contributed by atoms with Gasteiger partial charge in [-0.15, -0.1) is 0 Å². The molecule has 0 atom stereocenters. The number of rotatable bonds is 1. The van der Waals surface area contributed by atoms with Gasteiger partial charge in [0.15, 0.2) is 0 Å². The summed E-state index contributed by atoms with van der Waals surface area (Å²) in [5.41, 5.74) is 13.8. The second-order valence-corrected chi connectivity index (χ2v) is 13.7. The van der Waals surface area contributed by atoms with Crippen molar-refractivity contribution in [2.24, 2.45) is 0 Å². The first kappa shape index (κ1) is 31.1. The van der Waals surface area contributed by atoms with Crippen LogP contribution in [0.1, 0.15) is 68.6 Å². The lowest BCUT2D eigenvalue weighted by Gasteiger charge is -2.11. The number of fused-ring (bicyclic) bond motifs is 11. The molecule has 236 valence electrons. The lowest BCUT2D eigenvalue weighted by molar-refractivity contribution is 0.482. The first-order valence-electron chi connectivity index (χ1n) is 15.2. The van der Waals surface area contributed by atoms with Crippen LogP contribution >= 0.6 is 0 Å². The Bertz CT molecular complexity index is 2540. The van der Waals surface area contributed by atoms with Crippen molar-refractivity contribution in [1.29, 1.82) is 0 Å². The van der Waals surface area contributed by atoms with Gasteiger partial charge in [0.2, 0.25) is 0 Å². The Balaban J connectivity index is 0.000000224. The van der Waals surface area contributed by atoms with Gasteiger partial charge in [0, 0.05) is 45.1 Å². The number of benzene rings is 1. The van der Waals surface area contributed by atoms with E-state index in [-0.39, 0.29) is 4.90 Å². The molecular formula is C37H39N5O3S. The maximum atomic E-state index is 11.0. The Labute approximate surface area is 268 Å². The van der Waals surface area contributed by atoms with E-state index < -0.39 is 10.1 Å². The van der Waals surface area contributed by atoms with Crippen molar-refractivity contribution in [2.75, 3.05) is 0 Å². The lowest BCUT2D eigenvalue weighted by atomic mass is 10.00. The van der Waals surface area contributed by atoms with E-state index in [1.807, 2.05) is 33.0 Å². The van der Waals surface area contributed by atoms with E-state index in [0.29, 0.717) is 5.56 Å². The number of aromatic amines is 4. The largest absolute Gasteiger partial charge is 0.355 e. The third-order valence-electron chi connectivity index (χ3n) is 9.35. The van der Waals surface area contributed by atoms with E-state index >= 15 is 0 Å². The molecule has 9 heteroatoms. The summed E-state index contributed by atoms with van der Waals surface area (Å²) in [4.78, 5) is 19.1. The smallest absolute Gasteiger partial charge is 0.294 e. The molecule has 7 rings (SSSR count). The number of H-pyrrole nitrogens is 4. The zero-order chi connectivity index (χ0) is 33.1. The summed E-state index contributed by atoms with van der Waals surface area (Å²) in [6.45, 7) is 16.0. The van der Waals surface area contributed by atoms with Gasteiger partial charge in [0.25, 0.3) is 10.1 Å². The van der Waals surface area contributed by atoms with Crippen LogP contribution in [-0.4, -0.2) is 37.9 Å². The molecule has 6 heterocycles. The Morgan fingerprint density at radius 2 is 1.39 bits per heavy atom. The number of aromatic nitrogens is 5. The molecule has 1 aliphatic rings. The fourth-order valence-corrected chi connectivity index (χ4v) is 7.11. The van der Waals surface area contributed by atoms with E-state index in [0.717, 1.165) is 66.1 Å². The molecule has 0 aliphatic carbocycles. The van der Waals surface area contributed by atoms with E-state index in [4.69, 9.17) is 4.55 Å². The highest BCUT2D eigenvalue weighted by molar-refractivity contribution is 7.85. The highest BCUT2D eigenvalue weighted by Crippen LogP contribution is 2.25. The summed E-state index contributed by atoms with van der Waals surface area (Å²) >= 11 is 0. The van der Waals surface area contributed by atoms with E-state index in [1.54, 1.807) is 6.92 Å². The fraction of sp³-hybridized carbons (Fsp3) is 0.216. The van der Waals surface area contributed by atoms with Crippen molar-refractivity contribution in [3.8, 4) is 0 Å². The van der Waals surface area contributed by atoms with E-state index in [1.165, 1.54) is 34.0 Å². The molecular weight excluding hydrogens is 595 g/mol. The summed E-state index contributed by atoms with van der Waals surface area (Å²) in [5.74, 6) is 0. The van der Waals surface area contributed by atoms with Crippen LogP contribution < -0.4 is 21.4 Å². The van der Waals surface area contributed by atoms with Gasteiger partial charge in [0.1, 0.15) is 0 Å². The van der Waals surface area contributed by atoms with Crippen LogP contribution in [0, 0.1) is 48.5 Å². The predicted octanol–water partition coefficient (Wildman–Crippen LogP) is 4.66. The average molecular weight is 634 g/mol. The van der Waals surface area contributed by atoms with Crippen molar-refractivity contribution >= 4 is 44.8 Å². The van der Waals surface area contributed by atoms with Crippen LogP contribution in [0.2, 0.25) is 0 Å². The van der Waals surface area contributed by atoms with Crippen LogP contribution in [0.15, 0.2) is 47.5 Å². The van der Waals surface area contributed by atoms with Crippen LogP contribution in [-0.2, 0) is 10.1 Å². The van der Waals surface area contributed by atoms with Gasteiger partial charge >= 0.3 is 0 Å². The number of nitrogens with one attached hydrogen (secondary N) is 4. The Hall–Kier alpha value is -4.86. The van der Waals surface area contributed by atoms with Gasteiger partial charge < -0.3 is 19.9 Å². The van der Waals surface area contributed by atoms with E-state index in [9.17, 15) is 8.42 Å². The predicted molar refractivity (Wildman–Crippen MR) is 185 cm³/mol. The summed E-state index contributed by atoms with van der Waals surface area (Å²) in [6.07, 6.45) is 8.32. The minimum absolute atomic E-state index is 0.0121. The molecule has 5 N–H and O–H groups in total. The molecule has 0 saturated carbocycles. The molecule has 0 radical (unpaired) electrons. The van der Waals surface area contributed by atoms with Crippen molar-refractivity contribution < 1.29 is 13.0 Å². The van der Waals surface area contributed by atoms with Gasteiger partial charge in [0.05, 0.1) is 21.1 Å². The molecule has 8 nitrogen and oxygen atoms in total. The molecule has 46 heavy (non-hydrogen) atoms. The second-order valence-electron chi connectivity index (χ2n) is 12.3. The van der Waals surface area contributed by atoms with Gasteiger partial charge in [-0.2, -0.15) is 8.42 Å². The summed E-state index contributed by atoms with van der Waals surface area (Å²) in [5, 5.41) is 5.40. The van der Waals surface area contributed by atoms with Crippen molar-refractivity contribution in [2.45, 2.75) is 60.3 Å². The maximum absolute atomic E-state index is 11.0. The molecule has 0 saturated heterocycles. The minimum atomic E-state index is -4.10. The monoisotopic (exact) mass is 633 g/mol. The number of pyridine rings is 1. The number of hydrogen-bond donors (Lipinski definition) is 5. The van der Waals surface area contributed by atoms with Crippen LogP contribution in [0.5, 0.6) is 0 Å². The highest BCUT2D eigenvalue weighted by atomic mass is 32.2. The summed E-state index contributed by atoms with van der Waals surface area (Å²) in [7, 11) is -4.10. The third-order valence-corrected chi connectivity index (χ3v) is 10.3. The highest BCUT2D eigenvalue weighted by Gasteiger charge is 2.17. The SMILES string of the molecule is CC1=c2[nH]c(cc2C)=Cc2ccc([nH]2)C=c2[nH]c(c3cccnc23)=Cc2[nH]c1c(C)c2C.Cc1cc(S(=O)(=O)O)c(C)c(C)c1C. The fourth-order valence-electron chi connectivity index (χ4n) is 6.24. The third kappa shape index (κ3) is 5.57. The maximum Gasteiger partial charge on any atom is 0.294 e. The van der Waals surface area contributed by atoms with Gasteiger partial charge in [-0.3, -0.25) is 9.54 Å². The zero-order valence-electron chi connectivity index (χ0n) is 27.4. The zero-order valence-corrected chi connectivity index (χ0v) is 28.2. The van der Waals surface area contributed by atoms with Crippen LogP contribution in [0.4, 0.5) is 0 Å². The van der Waals surface area contributed by atoms with E-state index in [2.05, 4.69) is 95.1 Å². The molecule has 0 amide bonds.